The molecule has 0 radical (unpaired) electrons. The average molecular weight is 264 g/mol. The summed E-state index contributed by atoms with van der Waals surface area (Å²) < 4.78 is 2.36. The summed E-state index contributed by atoms with van der Waals surface area (Å²) in [7, 11) is 0. The molecule has 0 spiro atoms. The van der Waals surface area contributed by atoms with Gasteiger partial charge in [-0.15, -0.1) is 0 Å². The number of nitrogens with zero attached hydrogens (tertiary/aromatic N) is 1. The maximum atomic E-state index is 3.58. The van der Waals surface area contributed by atoms with E-state index in [2.05, 4.69) is 56.0 Å². The minimum absolute atomic E-state index is 0.492. The van der Waals surface area contributed by atoms with E-state index in [9.17, 15) is 0 Å². The zero-order valence-electron chi connectivity index (χ0n) is 13.3. The normalized spacial score (nSPS) is 13.1. The van der Waals surface area contributed by atoms with Gasteiger partial charge in [0.2, 0.25) is 0 Å². The first kappa shape index (κ1) is 16.3. The Bertz CT molecular complexity index is 328. The molecule has 110 valence electrons. The summed E-state index contributed by atoms with van der Waals surface area (Å²) in [5.41, 5.74) is 1.44. The van der Waals surface area contributed by atoms with Crippen molar-refractivity contribution in [3.63, 3.8) is 0 Å². The van der Waals surface area contributed by atoms with Crippen molar-refractivity contribution in [2.45, 2.75) is 72.4 Å². The van der Waals surface area contributed by atoms with E-state index >= 15 is 0 Å². The van der Waals surface area contributed by atoms with Crippen LogP contribution in [0.3, 0.4) is 0 Å². The van der Waals surface area contributed by atoms with Gasteiger partial charge in [0.1, 0.15) is 0 Å². The molecular weight excluding hydrogens is 232 g/mol. The number of unbranched alkanes of at least 4 members (excludes halogenated alkanes) is 4. The number of aromatic nitrogens is 1. The van der Waals surface area contributed by atoms with E-state index in [0.717, 1.165) is 6.54 Å². The van der Waals surface area contributed by atoms with Crippen LogP contribution in [-0.4, -0.2) is 11.1 Å². The second-order valence-electron chi connectivity index (χ2n) is 5.88. The Labute approximate surface area is 119 Å². The van der Waals surface area contributed by atoms with Gasteiger partial charge >= 0.3 is 0 Å². The lowest BCUT2D eigenvalue weighted by Crippen LogP contribution is -2.25. The van der Waals surface area contributed by atoms with Crippen molar-refractivity contribution in [3.05, 3.63) is 24.0 Å². The van der Waals surface area contributed by atoms with Crippen molar-refractivity contribution in [2.24, 2.45) is 5.92 Å². The number of hydrogen-bond acceptors (Lipinski definition) is 1. The fourth-order valence-electron chi connectivity index (χ4n) is 2.64. The molecule has 0 aromatic carbocycles. The number of hydrogen-bond donors (Lipinski definition) is 1. The summed E-state index contributed by atoms with van der Waals surface area (Å²) in [5, 5.41) is 3.58. The van der Waals surface area contributed by atoms with Crippen LogP contribution in [0.1, 0.15) is 71.4 Å². The molecular formula is C17H32N2. The molecule has 0 saturated heterocycles. The predicted octanol–water partition coefficient (Wildman–Crippen LogP) is 4.77. The molecule has 1 atom stereocenters. The molecule has 0 aliphatic heterocycles. The molecule has 1 heterocycles. The topological polar surface area (TPSA) is 17.0 Å². The first-order chi connectivity index (χ1) is 9.19. The summed E-state index contributed by atoms with van der Waals surface area (Å²) in [5.74, 6) is 0.639. The molecule has 0 aliphatic carbocycles. The molecule has 1 N–H and O–H groups in total. The van der Waals surface area contributed by atoms with Crippen molar-refractivity contribution < 1.29 is 0 Å². The van der Waals surface area contributed by atoms with Gasteiger partial charge in [0.25, 0.3) is 0 Å². The fraction of sp³-hybridized carbons (Fsp3) is 0.765. The highest BCUT2D eigenvalue weighted by atomic mass is 15.0. The third kappa shape index (κ3) is 5.82. The number of nitrogens with one attached hydrogen (secondary N) is 1. The van der Waals surface area contributed by atoms with E-state index in [0.29, 0.717) is 12.0 Å². The maximum absolute atomic E-state index is 3.58. The Kier molecular flexibility index (Phi) is 7.88. The largest absolute Gasteiger partial charge is 0.354 e. The minimum atomic E-state index is 0.492. The van der Waals surface area contributed by atoms with E-state index in [1.165, 1.54) is 44.2 Å². The van der Waals surface area contributed by atoms with E-state index in [-0.39, 0.29) is 0 Å². The second-order valence-corrected chi connectivity index (χ2v) is 5.88. The first-order valence-electron chi connectivity index (χ1n) is 8.08. The Morgan fingerprint density at radius 1 is 1.11 bits per heavy atom. The highest BCUT2D eigenvalue weighted by Gasteiger charge is 2.15. The lowest BCUT2D eigenvalue weighted by molar-refractivity contribution is 0.421. The van der Waals surface area contributed by atoms with Crippen LogP contribution in [0.15, 0.2) is 18.5 Å². The fourth-order valence-corrected chi connectivity index (χ4v) is 2.64. The summed E-state index contributed by atoms with van der Waals surface area (Å²) in [6.07, 6.45) is 11.3. The van der Waals surface area contributed by atoms with Gasteiger partial charge in [-0.05, 0) is 30.5 Å². The highest BCUT2D eigenvalue weighted by molar-refractivity contribution is 5.16. The maximum Gasteiger partial charge on any atom is 0.0358 e. The van der Waals surface area contributed by atoms with Crippen molar-refractivity contribution in [1.82, 2.24) is 9.88 Å². The molecule has 2 heteroatoms. The Morgan fingerprint density at radius 2 is 1.84 bits per heavy atom. The van der Waals surface area contributed by atoms with E-state index in [4.69, 9.17) is 0 Å². The van der Waals surface area contributed by atoms with Crippen LogP contribution in [0.5, 0.6) is 0 Å². The van der Waals surface area contributed by atoms with Crippen LogP contribution in [0.2, 0.25) is 0 Å². The molecule has 0 saturated carbocycles. The van der Waals surface area contributed by atoms with Gasteiger partial charge in [-0.3, -0.25) is 0 Å². The monoisotopic (exact) mass is 264 g/mol. The smallest absolute Gasteiger partial charge is 0.0358 e. The first-order valence-corrected chi connectivity index (χ1v) is 8.08. The Hall–Kier alpha value is -0.760. The molecule has 2 nitrogen and oxygen atoms in total. The van der Waals surface area contributed by atoms with Gasteiger partial charge in [0.15, 0.2) is 0 Å². The average Bonchev–Trinajstić information content (AvgIpc) is 2.83. The van der Waals surface area contributed by atoms with Crippen LogP contribution in [0.4, 0.5) is 0 Å². The third-order valence-electron chi connectivity index (χ3n) is 3.74. The molecule has 19 heavy (non-hydrogen) atoms. The van der Waals surface area contributed by atoms with Gasteiger partial charge in [-0.2, -0.15) is 0 Å². The second kappa shape index (κ2) is 9.19. The molecule has 0 aliphatic rings. The minimum Gasteiger partial charge on any atom is -0.354 e. The van der Waals surface area contributed by atoms with Crippen LogP contribution in [0, 0.1) is 5.92 Å². The molecule has 0 amide bonds. The lowest BCUT2D eigenvalue weighted by Gasteiger charge is -2.20. The van der Waals surface area contributed by atoms with Crippen LogP contribution < -0.4 is 5.32 Å². The Morgan fingerprint density at radius 3 is 2.47 bits per heavy atom. The van der Waals surface area contributed by atoms with Crippen molar-refractivity contribution in [1.29, 1.82) is 0 Å². The van der Waals surface area contributed by atoms with Crippen LogP contribution in [0.25, 0.3) is 0 Å². The molecule has 1 aromatic rings. The Balaban J connectivity index is 2.42. The third-order valence-corrected chi connectivity index (χ3v) is 3.74. The molecule has 1 aromatic heterocycles. The van der Waals surface area contributed by atoms with Crippen molar-refractivity contribution in [3.8, 4) is 0 Å². The summed E-state index contributed by atoms with van der Waals surface area (Å²) in [6, 6.07) is 2.77. The number of aryl methyl sites for hydroxylation is 1. The predicted molar refractivity (Wildman–Crippen MR) is 84.4 cm³/mol. The summed E-state index contributed by atoms with van der Waals surface area (Å²) in [6.45, 7) is 11.2. The van der Waals surface area contributed by atoms with Gasteiger partial charge in [-0.1, -0.05) is 53.4 Å². The zero-order chi connectivity index (χ0) is 14.1. The van der Waals surface area contributed by atoms with Gasteiger partial charge in [-0.25, -0.2) is 0 Å². The lowest BCUT2D eigenvalue weighted by atomic mass is 9.98. The van der Waals surface area contributed by atoms with E-state index < -0.39 is 0 Å². The van der Waals surface area contributed by atoms with Crippen LogP contribution >= 0.6 is 0 Å². The summed E-state index contributed by atoms with van der Waals surface area (Å²) >= 11 is 0. The van der Waals surface area contributed by atoms with Gasteiger partial charge in [0, 0.05) is 25.0 Å². The quantitative estimate of drug-likeness (QED) is 0.603. The molecule has 1 rings (SSSR count). The van der Waals surface area contributed by atoms with Crippen LogP contribution in [-0.2, 0) is 6.54 Å². The number of rotatable bonds is 10. The SMILES string of the molecule is CCCCCCCn1ccc(C(NCC)C(C)C)c1. The highest BCUT2D eigenvalue weighted by Crippen LogP contribution is 2.22. The van der Waals surface area contributed by atoms with Crippen molar-refractivity contribution in [2.75, 3.05) is 6.54 Å². The summed E-state index contributed by atoms with van der Waals surface area (Å²) in [4.78, 5) is 0. The van der Waals surface area contributed by atoms with E-state index in [1.54, 1.807) is 0 Å². The standard InChI is InChI=1S/C17H32N2/c1-5-7-8-9-10-12-19-13-11-16(14-19)17(15(3)4)18-6-2/h11,13-15,17-18H,5-10,12H2,1-4H3. The molecule has 1 unspecified atom stereocenters. The van der Waals surface area contributed by atoms with E-state index in [1.807, 2.05) is 0 Å². The molecule has 0 bridgehead atoms. The molecule has 0 fully saturated rings. The van der Waals surface area contributed by atoms with Crippen molar-refractivity contribution >= 4 is 0 Å². The van der Waals surface area contributed by atoms with Gasteiger partial charge < -0.3 is 9.88 Å². The zero-order valence-corrected chi connectivity index (χ0v) is 13.3. The van der Waals surface area contributed by atoms with Gasteiger partial charge in [0.05, 0.1) is 0 Å².